The molecule has 11 heteroatoms. The molecule has 10 nitrogen and oxygen atoms in total. The third kappa shape index (κ3) is 3.74. The van der Waals surface area contributed by atoms with E-state index in [2.05, 4.69) is 25.1 Å². The van der Waals surface area contributed by atoms with Crippen molar-refractivity contribution in [1.29, 1.82) is 0 Å². The van der Waals surface area contributed by atoms with Gasteiger partial charge in [0.1, 0.15) is 5.69 Å². The highest BCUT2D eigenvalue weighted by Crippen LogP contribution is 2.25. The number of hydrogen-bond acceptors (Lipinski definition) is 8. The van der Waals surface area contributed by atoms with Gasteiger partial charge in [-0.2, -0.15) is 9.29 Å². The van der Waals surface area contributed by atoms with Crippen molar-refractivity contribution in [2.75, 3.05) is 13.1 Å². The van der Waals surface area contributed by atoms with E-state index in [1.54, 1.807) is 30.2 Å². The van der Waals surface area contributed by atoms with Crippen LogP contribution in [0.25, 0.3) is 11.5 Å². The fraction of sp³-hybridized carbons (Fsp3) is 0.438. The molecule has 27 heavy (non-hydrogen) atoms. The summed E-state index contributed by atoms with van der Waals surface area (Å²) in [5, 5.41) is 4.01. The van der Waals surface area contributed by atoms with Crippen LogP contribution in [0.2, 0.25) is 0 Å². The Bertz CT molecular complexity index is 1020. The van der Waals surface area contributed by atoms with Crippen molar-refractivity contribution in [3.63, 3.8) is 0 Å². The lowest BCUT2D eigenvalue weighted by atomic mass is 9.96. The standard InChI is InChI=1S/C16H19N7O3S/c1-22-10-15(19-11-22)27(24,25)23-6-2-3-12(9-23)7-14-20-16(21-26-14)13-8-17-4-5-18-13/h4-5,8,10-12H,2-3,6-7,9H2,1H3. The van der Waals surface area contributed by atoms with Crippen molar-refractivity contribution in [3.05, 3.63) is 37.0 Å². The van der Waals surface area contributed by atoms with E-state index in [0.29, 0.717) is 36.9 Å². The fourth-order valence-corrected chi connectivity index (χ4v) is 4.69. The van der Waals surface area contributed by atoms with Gasteiger partial charge in [-0.25, -0.2) is 18.4 Å². The molecule has 0 aliphatic carbocycles. The molecule has 3 aromatic rings. The van der Waals surface area contributed by atoms with Crippen LogP contribution in [0.1, 0.15) is 18.7 Å². The van der Waals surface area contributed by atoms with Crippen LogP contribution >= 0.6 is 0 Å². The van der Waals surface area contributed by atoms with Gasteiger partial charge in [0.25, 0.3) is 10.0 Å². The van der Waals surface area contributed by atoms with E-state index in [0.717, 1.165) is 12.8 Å². The van der Waals surface area contributed by atoms with Crippen LogP contribution in [-0.2, 0) is 23.5 Å². The quantitative estimate of drug-likeness (QED) is 0.631. The summed E-state index contributed by atoms with van der Waals surface area (Å²) < 4.78 is 34.0. The van der Waals surface area contributed by atoms with Gasteiger partial charge in [-0.05, 0) is 18.8 Å². The Morgan fingerprint density at radius 3 is 2.93 bits per heavy atom. The number of aryl methyl sites for hydroxylation is 1. The number of sulfonamides is 1. The summed E-state index contributed by atoms with van der Waals surface area (Å²) >= 11 is 0. The zero-order valence-electron chi connectivity index (χ0n) is 14.8. The van der Waals surface area contributed by atoms with Crippen molar-refractivity contribution in [3.8, 4) is 11.5 Å². The molecule has 1 fully saturated rings. The normalized spacial score (nSPS) is 18.6. The molecule has 1 aliphatic heterocycles. The molecule has 0 N–H and O–H groups in total. The van der Waals surface area contributed by atoms with Crippen LogP contribution in [0, 0.1) is 5.92 Å². The van der Waals surface area contributed by atoms with Crippen LogP contribution in [0.4, 0.5) is 0 Å². The second kappa shape index (κ2) is 7.16. The molecule has 0 saturated carbocycles. The van der Waals surface area contributed by atoms with E-state index in [4.69, 9.17) is 4.52 Å². The maximum absolute atomic E-state index is 12.8. The van der Waals surface area contributed by atoms with Gasteiger partial charge in [-0.15, -0.1) is 0 Å². The van der Waals surface area contributed by atoms with Crippen molar-refractivity contribution < 1.29 is 12.9 Å². The third-order valence-corrected chi connectivity index (χ3v) is 6.24. The summed E-state index contributed by atoms with van der Waals surface area (Å²) in [6.07, 6.45) is 9.90. The van der Waals surface area contributed by atoms with Gasteiger partial charge in [-0.1, -0.05) is 5.16 Å². The van der Waals surface area contributed by atoms with Crippen molar-refractivity contribution in [2.24, 2.45) is 13.0 Å². The third-order valence-electron chi connectivity index (χ3n) is 4.49. The van der Waals surface area contributed by atoms with Crippen LogP contribution < -0.4 is 0 Å². The summed E-state index contributed by atoms with van der Waals surface area (Å²) in [5.41, 5.74) is 0.538. The predicted octanol–water partition coefficient (Wildman–Crippen LogP) is 0.903. The molecule has 0 amide bonds. The van der Waals surface area contributed by atoms with Crippen LogP contribution in [-0.4, -0.2) is 55.5 Å². The lowest BCUT2D eigenvalue weighted by molar-refractivity contribution is 0.246. The van der Waals surface area contributed by atoms with E-state index >= 15 is 0 Å². The SMILES string of the molecule is Cn1cnc(S(=O)(=O)N2CCCC(Cc3nc(-c4cnccn4)no3)C2)c1. The summed E-state index contributed by atoms with van der Waals surface area (Å²) in [6, 6.07) is 0. The molecule has 0 radical (unpaired) electrons. The van der Waals surface area contributed by atoms with Gasteiger partial charge in [0.05, 0.1) is 12.5 Å². The molecule has 1 unspecified atom stereocenters. The molecule has 142 valence electrons. The lowest BCUT2D eigenvalue weighted by Gasteiger charge is -2.30. The first-order chi connectivity index (χ1) is 13.0. The molecule has 1 aliphatic rings. The Labute approximate surface area is 156 Å². The largest absolute Gasteiger partial charge is 0.339 e. The maximum Gasteiger partial charge on any atom is 0.262 e. The lowest BCUT2D eigenvalue weighted by Crippen LogP contribution is -2.40. The molecule has 1 saturated heterocycles. The average Bonchev–Trinajstić information content (AvgIpc) is 3.32. The summed E-state index contributed by atoms with van der Waals surface area (Å²) in [7, 11) is -1.84. The number of nitrogens with zero attached hydrogens (tertiary/aromatic N) is 7. The highest BCUT2D eigenvalue weighted by Gasteiger charge is 2.32. The Balaban J connectivity index is 1.46. The Morgan fingerprint density at radius 2 is 2.19 bits per heavy atom. The van der Waals surface area contributed by atoms with Gasteiger partial charge < -0.3 is 9.09 Å². The van der Waals surface area contributed by atoms with Gasteiger partial charge in [0.2, 0.25) is 11.7 Å². The summed E-state index contributed by atoms with van der Waals surface area (Å²) in [5.74, 6) is 0.956. The zero-order chi connectivity index (χ0) is 18.9. The highest BCUT2D eigenvalue weighted by atomic mass is 32.2. The topological polar surface area (TPSA) is 120 Å². The van der Waals surface area contributed by atoms with E-state index in [1.165, 1.54) is 16.8 Å². The minimum absolute atomic E-state index is 0.0772. The minimum Gasteiger partial charge on any atom is -0.339 e. The van der Waals surface area contributed by atoms with E-state index in [1.807, 2.05) is 0 Å². The van der Waals surface area contributed by atoms with Gasteiger partial charge >= 0.3 is 0 Å². The molecule has 4 heterocycles. The van der Waals surface area contributed by atoms with Crippen LogP contribution in [0.15, 0.2) is 40.7 Å². The Morgan fingerprint density at radius 1 is 1.30 bits per heavy atom. The zero-order valence-corrected chi connectivity index (χ0v) is 15.6. The van der Waals surface area contributed by atoms with Crippen LogP contribution in [0.5, 0.6) is 0 Å². The van der Waals surface area contributed by atoms with E-state index in [9.17, 15) is 8.42 Å². The first kappa shape index (κ1) is 17.7. The van der Waals surface area contributed by atoms with Crippen LogP contribution in [0.3, 0.4) is 0 Å². The highest BCUT2D eigenvalue weighted by molar-refractivity contribution is 7.89. The second-order valence-electron chi connectivity index (χ2n) is 6.56. The Hall–Kier alpha value is -2.66. The monoisotopic (exact) mass is 389 g/mol. The predicted molar refractivity (Wildman–Crippen MR) is 93.7 cm³/mol. The fourth-order valence-electron chi connectivity index (χ4n) is 3.17. The number of aromatic nitrogens is 6. The van der Waals surface area contributed by atoms with Gasteiger partial charge in [0.15, 0.2) is 5.03 Å². The molecule has 3 aromatic heterocycles. The van der Waals surface area contributed by atoms with E-state index < -0.39 is 10.0 Å². The summed E-state index contributed by atoms with van der Waals surface area (Å²) in [6.45, 7) is 0.895. The first-order valence-corrected chi connectivity index (χ1v) is 10.0. The average molecular weight is 389 g/mol. The van der Waals surface area contributed by atoms with Gasteiger partial charge in [0, 0.05) is 45.1 Å². The Kier molecular flexibility index (Phi) is 4.70. The molecular formula is C16H19N7O3S. The number of rotatable bonds is 5. The summed E-state index contributed by atoms with van der Waals surface area (Å²) in [4.78, 5) is 16.5. The molecule has 0 aromatic carbocycles. The first-order valence-electron chi connectivity index (χ1n) is 8.59. The van der Waals surface area contributed by atoms with Crippen molar-refractivity contribution in [1.82, 2.24) is 34.0 Å². The maximum atomic E-state index is 12.8. The van der Waals surface area contributed by atoms with Gasteiger partial charge in [-0.3, -0.25) is 4.98 Å². The minimum atomic E-state index is -3.59. The number of imidazole rings is 1. The second-order valence-corrected chi connectivity index (χ2v) is 8.44. The van der Waals surface area contributed by atoms with Crippen molar-refractivity contribution >= 4 is 10.0 Å². The van der Waals surface area contributed by atoms with E-state index in [-0.39, 0.29) is 10.9 Å². The number of hydrogen-bond donors (Lipinski definition) is 0. The molecular weight excluding hydrogens is 370 g/mol. The molecule has 0 spiro atoms. The van der Waals surface area contributed by atoms with Crippen molar-refractivity contribution in [2.45, 2.75) is 24.3 Å². The number of piperidine rings is 1. The molecule has 1 atom stereocenters. The smallest absolute Gasteiger partial charge is 0.262 e. The molecule has 4 rings (SSSR count). The molecule has 0 bridgehead atoms.